The molecule has 23 heavy (non-hydrogen) atoms. The zero-order valence-electron chi connectivity index (χ0n) is 12.1. The van der Waals surface area contributed by atoms with Gasteiger partial charge in [0.25, 0.3) is 0 Å². The number of hydrazine groups is 1. The summed E-state index contributed by atoms with van der Waals surface area (Å²) in [5.74, 6) is -0.514. The van der Waals surface area contributed by atoms with Crippen LogP contribution in [0.2, 0.25) is 0 Å². The Balaban J connectivity index is 1.94. The van der Waals surface area contributed by atoms with E-state index in [4.69, 9.17) is 0 Å². The SMILES string of the molecule is Cc1csc(=O)n1CCC(=O)NNc1ccccc1C(F)(F)F. The van der Waals surface area contributed by atoms with Crippen LogP contribution in [0.4, 0.5) is 18.9 Å². The third-order valence-corrected chi connectivity index (χ3v) is 3.99. The lowest BCUT2D eigenvalue weighted by molar-refractivity contribution is -0.137. The van der Waals surface area contributed by atoms with Crippen molar-refractivity contribution in [3.63, 3.8) is 0 Å². The fraction of sp³-hybridized carbons (Fsp3) is 0.286. The lowest BCUT2D eigenvalue weighted by atomic mass is 10.2. The van der Waals surface area contributed by atoms with Gasteiger partial charge in [-0.3, -0.25) is 20.4 Å². The number of para-hydroxylation sites is 1. The third-order valence-electron chi connectivity index (χ3n) is 3.11. The normalized spacial score (nSPS) is 11.3. The molecule has 1 heterocycles. The highest BCUT2D eigenvalue weighted by Crippen LogP contribution is 2.34. The first kappa shape index (κ1) is 17.1. The first-order valence-corrected chi connectivity index (χ1v) is 7.53. The highest BCUT2D eigenvalue weighted by atomic mass is 32.1. The Morgan fingerprint density at radius 1 is 1.30 bits per heavy atom. The molecular weight excluding hydrogens is 331 g/mol. The quantitative estimate of drug-likeness (QED) is 0.819. The minimum atomic E-state index is -4.52. The summed E-state index contributed by atoms with van der Waals surface area (Å²) in [5.41, 5.74) is 4.12. The van der Waals surface area contributed by atoms with E-state index >= 15 is 0 Å². The number of nitrogens with zero attached hydrogens (tertiary/aromatic N) is 1. The van der Waals surface area contributed by atoms with E-state index in [-0.39, 0.29) is 23.5 Å². The molecule has 2 rings (SSSR count). The number of hydrogen-bond donors (Lipinski definition) is 2. The van der Waals surface area contributed by atoms with E-state index < -0.39 is 17.6 Å². The maximum Gasteiger partial charge on any atom is 0.418 e. The second-order valence-corrected chi connectivity index (χ2v) is 5.58. The first-order valence-electron chi connectivity index (χ1n) is 6.65. The maximum absolute atomic E-state index is 12.8. The summed E-state index contributed by atoms with van der Waals surface area (Å²) in [7, 11) is 0. The van der Waals surface area contributed by atoms with Gasteiger partial charge in [-0.25, -0.2) is 0 Å². The number of aryl methyl sites for hydroxylation is 1. The highest BCUT2D eigenvalue weighted by molar-refractivity contribution is 7.07. The molecule has 0 radical (unpaired) electrons. The minimum absolute atomic E-state index is 0.0291. The molecule has 1 aromatic heterocycles. The van der Waals surface area contributed by atoms with Gasteiger partial charge in [0.1, 0.15) is 0 Å². The molecular formula is C14H14F3N3O2S. The van der Waals surface area contributed by atoms with Crippen LogP contribution in [0.25, 0.3) is 0 Å². The molecule has 0 spiro atoms. The molecule has 1 amide bonds. The van der Waals surface area contributed by atoms with Crippen LogP contribution in [-0.4, -0.2) is 10.5 Å². The topological polar surface area (TPSA) is 63.1 Å². The van der Waals surface area contributed by atoms with Crippen molar-refractivity contribution in [3.8, 4) is 0 Å². The number of anilines is 1. The summed E-state index contributed by atoms with van der Waals surface area (Å²) in [4.78, 5) is 23.0. The second kappa shape index (κ2) is 6.86. The van der Waals surface area contributed by atoms with Gasteiger partial charge in [0.15, 0.2) is 0 Å². The zero-order valence-corrected chi connectivity index (χ0v) is 12.9. The molecule has 2 aromatic rings. The Labute approximate surface area is 133 Å². The molecule has 5 nitrogen and oxygen atoms in total. The largest absolute Gasteiger partial charge is 0.418 e. The second-order valence-electron chi connectivity index (χ2n) is 4.76. The lowest BCUT2D eigenvalue weighted by Gasteiger charge is -2.15. The fourth-order valence-electron chi connectivity index (χ4n) is 1.93. The van der Waals surface area contributed by atoms with E-state index in [9.17, 15) is 22.8 Å². The van der Waals surface area contributed by atoms with Gasteiger partial charge in [-0.1, -0.05) is 23.5 Å². The number of alkyl halides is 3. The van der Waals surface area contributed by atoms with Crippen LogP contribution in [0.3, 0.4) is 0 Å². The van der Waals surface area contributed by atoms with E-state index in [0.717, 1.165) is 23.1 Å². The van der Waals surface area contributed by atoms with Gasteiger partial charge in [0.05, 0.1) is 11.3 Å². The monoisotopic (exact) mass is 345 g/mol. The standard InChI is InChI=1S/C14H14F3N3O2S/c1-9-8-23-13(22)20(9)7-6-12(21)19-18-11-5-3-2-4-10(11)14(15,16)17/h2-5,8,18H,6-7H2,1H3,(H,19,21). The predicted octanol–water partition coefficient (Wildman–Crippen LogP) is 2.77. The number of rotatable bonds is 5. The van der Waals surface area contributed by atoms with Gasteiger partial charge in [0.2, 0.25) is 5.91 Å². The summed E-state index contributed by atoms with van der Waals surface area (Å²) in [5, 5.41) is 1.68. The Morgan fingerprint density at radius 2 is 2.00 bits per heavy atom. The summed E-state index contributed by atoms with van der Waals surface area (Å²) in [6, 6.07) is 4.83. The Bertz CT molecular complexity index is 752. The van der Waals surface area contributed by atoms with Crippen molar-refractivity contribution in [1.82, 2.24) is 9.99 Å². The van der Waals surface area contributed by atoms with E-state index in [0.29, 0.717) is 0 Å². The van der Waals surface area contributed by atoms with Crippen molar-refractivity contribution in [2.75, 3.05) is 5.43 Å². The number of carbonyl (C=O) groups excluding carboxylic acids is 1. The average molecular weight is 345 g/mol. The van der Waals surface area contributed by atoms with Crippen LogP contribution in [0.1, 0.15) is 17.7 Å². The number of amides is 1. The number of aromatic nitrogens is 1. The van der Waals surface area contributed by atoms with Gasteiger partial charge >= 0.3 is 11.0 Å². The highest BCUT2D eigenvalue weighted by Gasteiger charge is 2.33. The van der Waals surface area contributed by atoms with Crippen LogP contribution in [0.15, 0.2) is 34.4 Å². The molecule has 0 aliphatic carbocycles. The molecule has 0 fully saturated rings. The Hall–Kier alpha value is -2.29. The summed E-state index contributed by atoms with van der Waals surface area (Å²) in [6.07, 6.45) is -4.55. The van der Waals surface area contributed by atoms with Crippen molar-refractivity contribution < 1.29 is 18.0 Å². The van der Waals surface area contributed by atoms with E-state index in [1.165, 1.54) is 22.8 Å². The average Bonchev–Trinajstić information content (AvgIpc) is 2.81. The van der Waals surface area contributed by atoms with Crippen LogP contribution < -0.4 is 15.7 Å². The van der Waals surface area contributed by atoms with Gasteiger partial charge in [-0.2, -0.15) is 13.2 Å². The van der Waals surface area contributed by atoms with E-state index in [1.54, 1.807) is 12.3 Å². The summed E-state index contributed by atoms with van der Waals surface area (Å²) < 4.78 is 39.9. The predicted molar refractivity (Wildman–Crippen MR) is 81.1 cm³/mol. The number of hydrogen-bond acceptors (Lipinski definition) is 4. The van der Waals surface area contributed by atoms with Crippen molar-refractivity contribution >= 4 is 22.9 Å². The molecule has 0 aliphatic rings. The van der Waals surface area contributed by atoms with Crippen LogP contribution in [0.5, 0.6) is 0 Å². The van der Waals surface area contributed by atoms with Crippen LogP contribution >= 0.6 is 11.3 Å². The first-order chi connectivity index (χ1) is 10.8. The fourth-order valence-corrected chi connectivity index (χ4v) is 2.69. The molecule has 0 aliphatic heterocycles. The molecule has 124 valence electrons. The van der Waals surface area contributed by atoms with Gasteiger partial charge in [-0.15, -0.1) is 0 Å². The van der Waals surface area contributed by atoms with Gasteiger partial charge in [0, 0.05) is 24.0 Å². The molecule has 0 unspecified atom stereocenters. The smallest absolute Gasteiger partial charge is 0.303 e. The number of nitrogens with one attached hydrogen (secondary N) is 2. The van der Waals surface area contributed by atoms with Gasteiger partial charge in [-0.05, 0) is 19.1 Å². The number of thiazole rings is 1. The molecule has 1 aromatic carbocycles. The van der Waals surface area contributed by atoms with Crippen LogP contribution in [0, 0.1) is 6.92 Å². The number of carbonyl (C=O) groups is 1. The van der Waals surface area contributed by atoms with E-state index in [2.05, 4.69) is 10.9 Å². The summed E-state index contributed by atoms with van der Waals surface area (Å²) >= 11 is 1.03. The van der Waals surface area contributed by atoms with E-state index in [1.807, 2.05) is 0 Å². The molecule has 0 saturated heterocycles. The van der Waals surface area contributed by atoms with Crippen LogP contribution in [-0.2, 0) is 17.5 Å². The third kappa shape index (κ3) is 4.35. The molecule has 0 atom stereocenters. The van der Waals surface area contributed by atoms with Crippen molar-refractivity contribution in [1.29, 1.82) is 0 Å². The molecule has 9 heteroatoms. The molecule has 2 N–H and O–H groups in total. The van der Waals surface area contributed by atoms with Crippen molar-refractivity contribution in [3.05, 3.63) is 50.6 Å². The zero-order chi connectivity index (χ0) is 17.0. The lowest BCUT2D eigenvalue weighted by Crippen LogP contribution is -2.32. The minimum Gasteiger partial charge on any atom is -0.303 e. The number of benzene rings is 1. The van der Waals surface area contributed by atoms with Crippen molar-refractivity contribution in [2.24, 2.45) is 0 Å². The number of halogens is 3. The Kier molecular flexibility index (Phi) is 5.09. The van der Waals surface area contributed by atoms with Crippen molar-refractivity contribution in [2.45, 2.75) is 26.1 Å². The van der Waals surface area contributed by atoms with Gasteiger partial charge < -0.3 is 4.57 Å². The summed E-state index contributed by atoms with van der Waals surface area (Å²) in [6.45, 7) is 1.91. The molecule has 0 bridgehead atoms. The maximum atomic E-state index is 12.8. The Morgan fingerprint density at radius 3 is 2.61 bits per heavy atom. The molecule has 0 saturated carbocycles.